The lowest BCUT2D eigenvalue weighted by atomic mass is 10.0. The number of carbonyl (C=O) groups is 4. The summed E-state index contributed by atoms with van der Waals surface area (Å²) in [5.74, 6) is -1.69. The summed E-state index contributed by atoms with van der Waals surface area (Å²) in [6.45, 7) is 2.05. The lowest BCUT2D eigenvalue weighted by molar-refractivity contribution is -0.350. The summed E-state index contributed by atoms with van der Waals surface area (Å²) in [5, 5.41) is 19.8. The van der Waals surface area contributed by atoms with Gasteiger partial charge in [0.05, 0.1) is 17.7 Å². The minimum atomic E-state index is -1.21. The minimum Gasteiger partial charge on any atom is -0.477 e. The van der Waals surface area contributed by atoms with Crippen molar-refractivity contribution in [2.75, 3.05) is 11.5 Å². The van der Waals surface area contributed by atoms with Crippen LogP contribution in [0.4, 0.5) is 0 Å². The highest BCUT2D eigenvalue weighted by molar-refractivity contribution is 8.00. The standard InChI is InChI=1S/C20H19N5O6S2/c1-11-7-24(23-22-11)33-9-13-8-32-19-14(18(28)25(19)15(13)20(29)30)21-17(27)16(31-10-26)12-5-3-2-4-6-12/h2-7,10-11,14,16,19H,8-9H2,1H3,(H-,21,27,29,30)/p+1. The molecule has 0 radical (unpaired) electrons. The van der Waals surface area contributed by atoms with Crippen LogP contribution in [0.15, 0.2) is 51.9 Å². The van der Waals surface area contributed by atoms with E-state index in [0.717, 1.165) is 0 Å². The second-order valence-corrected chi connectivity index (χ2v) is 9.37. The van der Waals surface area contributed by atoms with Gasteiger partial charge in [0.15, 0.2) is 6.21 Å². The molecule has 0 aliphatic carbocycles. The smallest absolute Gasteiger partial charge is 0.352 e. The van der Waals surface area contributed by atoms with Gasteiger partial charge in [-0.25, -0.2) is 4.79 Å². The molecule has 2 N–H and O–H groups in total. The van der Waals surface area contributed by atoms with Gasteiger partial charge in [0.2, 0.25) is 12.1 Å². The number of carbonyl (C=O) groups excluding carboxylic acids is 3. The summed E-state index contributed by atoms with van der Waals surface area (Å²) in [5.41, 5.74) is 0.966. The molecule has 0 aromatic heterocycles. The van der Waals surface area contributed by atoms with E-state index in [1.54, 1.807) is 40.6 Å². The van der Waals surface area contributed by atoms with Gasteiger partial charge in [0, 0.05) is 16.4 Å². The molecule has 1 fully saturated rings. The van der Waals surface area contributed by atoms with Gasteiger partial charge >= 0.3 is 5.97 Å². The molecule has 4 rings (SSSR count). The van der Waals surface area contributed by atoms with Crippen LogP contribution in [0.1, 0.15) is 18.6 Å². The first kappa shape index (κ1) is 23.0. The fourth-order valence-corrected chi connectivity index (χ4v) is 5.95. The Morgan fingerprint density at radius 2 is 2.18 bits per heavy atom. The van der Waals surface area contributed by atoms with E-state index in [2.05, 4.69) is 15.7 Å². The lowest BCUT2D eigenvalue weighted by Crippen LogP contribution is -2.71. The van der Waals surface area contributed by atoms with E-state index in [9.17, 15) is 24.3 Å². The van der Waals surface area contributed by atoms with E-state index in [1.807, 2.05) is 6.92 Å². The molecule has 3 aliphatic rings. The maximum Gasteiger partial charge on any atom is 0.352 e. The molecule has 11 nitrogen and oxygen atoms in total. The zero-order valence-electron chi connectivity index (χ0n) is 17.4. The van der Waals surface area contributed by atoms with Crippen molar-refractivity contribution in [2.24, 2.45) is 10.3 Å². The lowest BCUT2D eigenvalue weighted by Gasteiger charge is -2.49. The Morgan fingerprint density at radius 3 is 2.82 bits per heavy atom. The van der Waals surface area contributed by atoms with E-state index < -0.39 is 35.3 Å². The number of nitrogens with one attached hydrogen (secondary N) is 1. The number of aliphatic carboxylic acids is 1. The van der Waals surface area contributed by atoms with Crippen molar-refractivity contribution < 1.29 is 33.1 Å². The SMILES string of the molecule is CC1C=[N+](SCC2=C(C(=O)O)N3C(=O)C(NC(=O)C(OC=O)c4ccccc4)C3SC2)N=N1. The topological polar surface area (TPSA) is 141 Å². The molecular formula is C20H20N5O6S2+. The van der Waals surface area contributed by atoms with Crippen LogP contribution >= 0.6 is 23.7 Å². The van der Waals surface area contributed by atoms with Crippen molar-refractivity contribution in [2.45, 2.75) is 30.5 Å². The molecule has 3 heterocycles. The van der Waals surface area contributed by atoms with E-state index in [0.29, 0.717) is 22.6 Å². The number of β-lactam (4-membered cyclic amide) rings is 1. The molecule has 0 spiro atoms. The van der Waals surface area contributed by atoms with Gasteiger partial charge in [-0.1, -0.05) is 34.4 Å². The number of nitrogens with zero attached hydrogens (tertiary/aromatic N) is 4. The van der Waals surface area contributed by atoms with Crippen LogP contribution < -0.4 is 5.32 Å². The highest BCUT2D eigenvalue weighted by atomic mass is 32.2. The quantitative estimate of drug-likeness (QED) is 0.227. The van der Waals surface area contributed by atoms with Gasteiger partial charge in [0.1, 0.15) is 22.3 Å². The minimum absolute atomic E-state index is 0.0419. The fourth-order valence-electron chi connectivity index (χ4n) is 3.59. The number of thioether (sulfide) groups is 1. The summed E-state index contributed by atoms with van der Waals surface area (Å²) < 4.78 is 6.52. The number of carboxylic acids is 1. The van der Waals surface area contributed by atoms with E-state index >= 15 is 0 Å². The first-order valence-electron chi connectivity index (χ1n) is 9.93. The van der Waals surface area contributed by atoms with E-state index in [1.165, 1.54) is 28.6 Å². The van der Waals surface area contributed by atoms with Crippen LogP contribution in [0.2, 0.25) is 0 Å². The van der Waals surface area contributed by atoms with Crippen molar-refractivity contribution >= 4 is 54.2 Å². The Bertz CT molecular complexity index is 1080. The number of hydrogen-bond donors (Lipinski definition) is 2. The molecular weight excluding hydrogens is 470 g/mol. The van der Waals surface area contributed by atoms with Gasteiger partial charge < -0.3 is 15.2 Å². The molecule has 1 aromatic carbocycles. The van der Waals surface area contributed by atoms with Gasteiger partial charge in [-0.05, 0) is 12.5 Å². The Kier molecular flexibility index (Phi) is 6.79. The number of fused-ring (bicyclic) bond motifs is 1. The number of benzene rings is 1. The highest BCUT2D eigenvalue weighted by Gasteiger charge is 2.54. The first-order valence-corrected chi connectivity index (χ1v) is 11.9. The third kappa shape index (κ3) is 4.64. The van der Waals surface area contributed by atoms with Crippen LogP contribution in [-0.2, 0) is 23.9 Å². The van der Waals surface area contributed by atoms with E-state index in [4.69, 9.17) is 4.74 Å². The highest BCUT2D eigenvalue weighted by Crippen LogP contribution is 2.41. The number of amides is 2. The van der Waals surface area contributed by atoms with Crippen LogP contribution in [0.25, 0.3) is 0 Å². The zero-order chi connectivity index (χ0) is 23.5. The average molecular weight is 491 g/mol. The third-order valence-electron chi connectivity index (χ3n) is 5.12. The number of rotatable bonds is 9. The molecule has 1 saturated heterocycles. The molecule has 1 aromatic rings. The van der Waals surface area contributed by atoms with Crippen LogP contribution in [0, 0.1) is 0 Å². The molecule has 13 heteroatoms. The summed E-state index contributed by atoms with van der Waals surface area (Å²) in [7, 11) is 0. The van der Waals surface area contributed by atoms with Crippen molar-refractivity contribution in [3.8, 4) is 0 Å². The Labute approximate surface area is 197 Å². The molecule has 4 unspecified atom stereocenters. The number of hydrogen-bond acceptors (Lipinski definition) is 9. The van der Waals surface area contributed by atoms with Crippen LogP contribution in [0.5, 0.6) is 0 Å². The van der Waals surface area contributed by atoms with Crippen molar-refractivity contribution in [3.63, 3.8) is 0 Å². The fraction of sp³-hybridized carbons (Fsp3) is 0.350. The molecule has 4 atom stereocenters. The van der Waals surface area contributed by atoms with Crippen LogP contribution in [-0.4, -0.2) is 73.5 Å². The van der Waals surface area contributed by atoms with Crippen molar-refractivity contribution in [1.82, 2.24) is 10.2 Å². The Balaban J connectivity index is 1.47. The maximum atomic E-state index is 12.8. The Morgan fingerprint density at radius 1 is 1.42 bits per heavy atom. The largest absolute Gasteiger partial charge is 0.477 e. The second kappa shape index (κ2) is 9.75. The molecule has 2 amide bonds. The average Bonchev–Trinajstić information content (AvgIpc) is 3.24. The maximum absolute atomic E-state index is 12.8. The predicted octanol–water partition coefficient (Wildman–Crippen LogP) is 1.14. The van der Waals surface area contributed by atoms with E-state index in [-0.39, 0.29) is 18.2 Å². The van der Waals surface area contributed by atoms with Gasteiger partial charge in [0.25, 0.3) is 18.3 Å². The van der Waals surface area contributed by atoms with Gasteiger partial charge in [-0.3, -0.25) is 19.3 Å². The van der Waals surface area contributed by atoms with Gasteiger partial charge in [-0.15, -0.1) is 11.8 Å². The van der Waals surface area contributed by atoms with Gasteiger partial charge in [-0.2, -0.15) is 0 Å². The van der Waals surface area contributed by atoms with Crippen LogP contribution in [0.3, 0.4) is 0 Å². The monoisotopic (exact) mass is 490 g/mol. The molecule has 0 saturated carbocycles. The molecule has 33 heavy (non-hydrogen) atoms. The molecule has 172 valence electrons. The second-order valence-electron chi connectivity index (χ2n) is 7.35. The summed E-state index contributed by atoms with van der Waals surface area (Å²) in [6, 6.07) is 7.45. The third-order valence-corrected chi connectivity index (χ3v) is 7.39. The van der Waals surface area contributed by atoms with Crippen molar-refractivity contribution in [1.29, 1.82) is 0 Å². The summed E-state index contributed by atoms with van der Waals surface area (Å²) in [6.07, 6.45) is 0.587. The number of ether oxygens (including phenoxy) is 1. The Hall–Kier alpha value is -3.19. The first-order chi connectivity index (χ1) is 15.9. The summed E-state index contributed by atoms with van der Waals surface area (Å²) >= 11 is 2.65. The summed E-state index contributed by atoms with van der Waals surface area (Å²) in [4.78, 5) is 49.7. The molecule has 3 aliphatic heterocycles. The number of carboxylic acid groups (broad SMARTS) is 1. The molecule has 0 bridgehead atoms. The predicted molar refractivity (Wildman–Crippen MR) is 119 cm³/mol. The zero-order valence-corrected chi connectivity index (χ0v) is 19.0. The normalized spacial score (nSPS) is 24.5. The van der Waals surface area contributed by atoms with Crippen molar-refractivity contribution in [3.05, 3.63) is 47.2 Å².